The summed E-state index contributed by atoms with van der Waals surface area (Å²) in [6.07, 6.45) is 4.96. The minimum atomic E-state index is -0.339. The Balaban J connectivity index is 1.29. The first kappa shape index (κ1) is 21.1. The van der Waals surface area contributed by atoms with Gasteiger partial charge in [0.1, 0.15) is 17.3 Å². The van der Waals surface area contributed by atoms with Gasteiger partial charge in [-0.05, 0) is 78.9 Å². The van der Waals surface area contributed by atoms with Gasteiger partial charge in [0.25, 0.3) is 5.91 Å². The number of ether oxygens (including phenoxy) is 1. The molecule has 7 heteroatoms. The maximum absolute atomic E-state index is 13.7. The molecule has 34 heavy (non-hydrogen) atoms. The zero-order valence-electron chi connectivity index (χ0n) is 17.9. The molecule has 0 saturated heterocycles. The average molecular weight is 450 g/mol. The lowest BCUT2D eigenvalue weighted by Gasteiger charge is -2.11. The maximum atomic E-state index is 13.7. The molecule has 166 valence electrons. The first-order valence-electron chi connectivity index (χ1n) is 10.5. The standard InChI is InChI=1S/C27H19FN4O2/c28-19-4-9-25-24(17-19)26(12-15-30-25)31-21-3-1-2-18(16-21)27(33)32-20-5-7-22(8-6-20)34-23-10-13-29-14-11-23/h1-17H,(H,30,31)(H,32,33). The summed E-state index contributed by atoms with van der Waals surface area (Å²) in [5.41, 5.74) is 3.20. The van der Waals surface area contributed by atoms with Crippen LogP contribution in [0.15, 0.2) is 104 Å². The quantitative estimate of drug-likeness (QED) is 0.306. The van der Waals surface area contributed by atoms with Gasteiger partial charge in [-0.1, -0.05) is 6.07 Å². The van der Waals surface area contributed by atoms with Gasteiger partial charge in [0.05, 0.1) is 5.52 Å². The van der Waals surface area contributed by atoms with Gasteiger partial charge in [-0.15, -0.1) is 0 Å². The number of hydrogen-bond donors (Lipinski definition) is 2. The molecular formula is C27H19FN4O2. The van der Waals surface area contributed by atoms with Crippen LogP contribution in [-0.4, -0.2) is 15.9 Å². The Morgan fingerprint density at radius 1 is 0.794 bits per heavy atom. The third kappa shape index (κ3) is 4.83. The molecule has 1 amide bonds. The van der Waals surface area contributed by atoms with Crippen LogP contribution in [-0.2, 0) is 0 Å². The van der Waals surface area contributed by atoms with Crippen LogP contribution in [0.5, 0.6) is 11.5 Å². The fraction of sp³-hybridized carbons (Fsp3) is 0. The van der Waals surface area contributed by atoms with E-state index in [1.54, 1.807) is 85.3 Å². The lowest BCUT2D eigenvalue weighted by atomic mass is 10.1. The van der Waals surface area contributed by atoms with Crippen molar-refractivity contribution in [1.82, 2.24) is 9.97 Å². The molecule has 0 aliphatic heterocycles. The highest BCUT2D eigenvalue weighted by Gasteiger charge is 2.09. The van der Waals surface area contributed by atoms with E-state index in [9.17, 15) is 9.18 Å². The number of halogens is 1. The van der Waals surface area contributed by atoms with Gasteiger partial charge in [0, 0.05) is 46.6 Å². The van der Waals surface area contributed by atoms with Crippen LogP contribution in [0.25, 0.3) is 10.9 Å². The van der Waals surface area contributed by atoms with Gasteiger partial charge in [0.15, 0.2) is 0 Å². The first-order chi connectivity index (χ1) is 16.6. The molecule has 0 atom stereocenters. The zero-order chi connectivity index (χ0) is 23.3. The van der Waals surface area contributed by atoms with Crippen LogP contribution in [0, 0.1) is 5.82 Å². The van der Waals surface area contributed by atoms with E-state index in [1.807, 2.05) is 6.07 Å². The van der Waals surface area contributed by atoms with E-state index < -0.39 is 0 Å². The molecule has 2 N–H and O–H groups in total. The van der Waals surface area contributed by atoms with Crippen molar-refractivity contribution in [2.24, 2.45) is 0 Å². The number of amides is 1. The fourth-order valence-electron chi connectivity index (χ4n) is 3.47. The molecule has 0 unspecified atom stereocenters. The number of hydrogen-bond acceptors (Lipinski definition) is 5. The number of aromatic nitrogens is 2. The number of nitrogens with one attached hydrogen (secondary N) is 2. The zero-order valence-corrected chi connectivity index (χ0v) is 17.9. The Labute approximate surface area is 195 Å². The molecule has 2 heterocycles. The van der Waals surface area contributed by atoms with Crippen LogP contribution >= 0.6 is 0 Å². The predicted molar refractivity (Wildman–Crippen MR) is 130 cm³/mol. The number of benzene rings is 3. The van der Waals surface area contributed by atoms with Crippen LogP contribution in [0.4, 0.5) is 21.5 Å². The molecule has 3 aromatic carbocycles. The van der Waals surface area contributed by atoms with Crippen molar-refractivity contribution in [3.05, 3.63) is 115 Å². The number of rotatable bonds is 6. The van der Waals surface area contributed by atoms with Crippen LogP contribution in [0.2, 0.25) is 0 Å². The van der Waals surface area contributed by atoms with Crippen molar-refractivity contribution in [2.75, 3.05) is 10.6 Å². The van der Waals surface area contributed by atoms with E-state index in [0.717, 1.165) is 0 Å². The van der Waals surface area contributed by atoms with Gasteiger partial charge in [-0.2, -0.15) is 0 Å². The molecular weight excluding hydrogens is 431 g/mol. The molecule has 0 aliphatic carbocycles. The second-order valence-corrected chi connectivity index (χ2v) is 7.49. The van der Waals surface area contributed by atoms with Crippen LogP contribution in [0.3, 0.4) is 0 Å². The topological polar surface area (TPSA) is 76.1 Å². The van der Waals surface area contributed by atoms with E-state index >= 15 is 0 Å². The number of carbonyl (C=O) groups is 1. The summed E-state index contributed by atoms with van der Waals surface area (Å²) in [5, 5.41) is 6.80. The molecule has 0 spiro atoms. The third-order valence-electron chi connectivity index (χ3n) is 5.10. The number of anilines is 3. The van der Waals surface area contributed by atoms with E-state index in [4.69, 9.17) is 4.74 Å². The smallest absolute Gasteiger partial charge is 0.255 e. The summed E-state index contributed by atoms with van der Waals surface area (Å²) in [6, 6.07) is 23.9. The van der Waals surface area contributed by atoms with Gasteiger partial charge in [-0.3, -0.25) is 14.8 Å². The normalized spacial score (nSPS) is 10.6. The summed E-state index contributed by atoms with van der Waals surface area (Å²) >= 11 is 0. The third-order valence-corrected chi connectivity index (χ3v) is 5.10. The minimum Gasteiger partial charge on any atom is -0.457 e. The molecule has 0 saturated carbocycles. The molecule has 0 aliphatic rings. The number of fused-ring (bicyclic) bond motifs is 1. The van der Waals surface area contributed by atoms with Crippen molar-refractivity contribution in [1.29, 1.82) is 0 Å². The summed E-state index contributed by atoms with van der Waals surface area (Å²) in [6.45, 7) is 0. The van der Waals surface area contributed by atoms with Crippen LogP contribution < -0.4 is 15.4 Å². The Morgan fingerprint density at radius 2 is 1.59 bits per heavy atom. The van der Waals surface area contributed by atoms with Crippen molar-refractivity contribution in [3.63, 3.8) is 0 Å². The lowest BCUT2D eigenvalue weighted by molar-refractivity contribution is 0.102. The first-order valence-corrected chi connectivity index (χ1v) is 10.5. The second kappa shape index (κ2) is 9.38. The van der Waals surface area contributed by atoms with Crippen LogP contribution in [0.1, 0.15) is 10.4 Å². The molecule has 2 aromatic heterocycles. The molecule has 0 radical (unpaired) electrons. The van der Waals surface area contributed by atoms with Crippen molar-refractivity contribution >= 4 is 33.9 Å². The number of pyridine rings is 2. The van der Waals surface area contributed by atoms with E-state index in [1.165, 1.54) is 12.1 Å². The highest BCUT2D eigenvalue weighted by Crippen LogP contribution is 2.27. The summed E-state index contributed by atoms with van der Waals surface area (Å²) in [7, 11) is 0. The fourth-order valence-corrected chi connectivity index (χ4v) is 3.47. The number of carbonyl (C=O) groups excluding carboxylic acids is 1. The molecule has 0 fully saturated rings. The van der Waals surface area contributed by atoms with Crippen molar-refractivity contribution < 1.29 is 13.9 Å². The maximum Gasteiger partial charge on any atom is 0.255 e. The van der Waals surface area contributed by atoms with E-state index in [0.29, 0.717) is 45.0 Å². The second-order valence-electron chi connectivity index (χ2n) is 7.49. The SMILES string of the molecule is O=C(Nc1ccc(Oc2ccncc2)cc1)c1cccc(Nc2ccnc3ccc(F)cc23)c1. The molecule has 5 rings (SSSR count). The Hall–Kier alpha value is -4.78. The minimum absolute atomic E-state index is 0.253. The predicted octanol–water partition coefficient (Wildman–Crippen LogP) is 6.56. The van der Waals surface area contributed by atoms with E-state index in [2.05, 4.69) is 20.6 Å². The highest BCUT2D eigenvalue weighted by molar-refractivity contribution is 6.05. The van der Waals surface area contributed by atoms with Crippen molar-refractivity contribution in [3.8, 4) is 11.5 Å². The molecule has 0 bridgehead atoms. The summed E-state index contributed by atoms with van der Waals surface area (Å²) < 4.78 is 19.5. The van der Waals surface area contributed by atoms with Crippen molar-refractivity contribution in [2.45, 2.75) is 0 Å². The molecule has 5 aromatic rings. The van der Waals surface area contributed by atoms with Gasteiger partial charge in [0.2, 0.25) is 0 Å². The Morgan fingerprint density at radius 3 is 2.41 bits per heavy atom. The Kier molecular flexibility index (Phi) is 5.82. The number of nitrogens with zero attached hydrogens (tertiary/aromatic N) is 2. The summed E-state index contributed by atoms with van der Waals surface area (Å²) in [5.74, 6) is 0.739. The molecule has 6 nitrogen and oxygen atoms in total. The van der Waals surface area contributed by atoms with Gasteiger partial charge in [-0.25, -0.2) is 4.39 Å². The van der Waals surface area contributed by atoms with Gasteiger partial charge < -0.3 is 15.4 Å². The highest BCUT2D eigenvalue weighted by atomic mass is 19.1. The Bertz CT molecular complexity index is 1460. The average Bonchev–Trinajstić information content (AvgIpc) is 2.86. The summed E-state index contributed by atoms with van der Waals surface area (Å²) in [4.78, 5) is 21.0. The lowest BCUT2D eigenvalue weighted by Crippen LogP contribution is -2.12. The van der Waals surface area contributed by atoms with E-state index in [-0.39, 0.29) is 11.7 Å². The largest absolute Gasteiger partial charge is 0.457 e. The van der Waals surface area contributed by atoms with Gasteiger partial charge >= 0.3 is 0 Å². The monoisotopic (exact) mass is 450 g/mol.